The minimum absolute atomic E-state index is 0.359. The molecule has 12 heavy (non-hydrogen) atoms. The predicted octanol–water partition coefficient (Wildman–Crippen LogP) is 2.89. The van der Waals surface area contributed by atoms with E-state index in [9.17, 15) is 5.11 Å². The van der Waals surface area contributed by atoms with Crippen LogP contribution in [0.1, 0.15) is 46.0 Å². The minimum atomic E-state index is -0.466. The molecule has 0 saturated heterocycles. The molecule has 0 aromatic heterocycles. The number of unbranched alkanes of at least 4 members (excludes halogenated alkanes) is 1. The molecule has 0 bridgehead atoms. The van der Waals surface area contributed by atoms with Gasteiger partial charge in [-0.05, 0) is 26.2 Å². The van der Waals surface area contributed by atoms with Gasteiger partial charge in [0.2, 0.25) is 0 Å². The fourth-order valence-corrected chi connectivity index (χ4v) is 2.13. The van der Waals surface area contributed by atoms with Gasteiger partial charge in [0.1, 0.15) is 0 Å². The van der Waals surface area contributed by atoms with E-state index >= 15 is 0 Å². The molecule has 0 amide bonds. The summed E-state index contributed by atoms with van der Waals surface area (Å²) in [7, 11) is 0. The molecular weight excluding hydrogens is 148 g/mol. The standard InChI is InChI=1S/C11H20O/c1-4-5-6-10-9(2)7-8-11(10,3)12/h10,12H,2,4-8H2,1,3H3/t10-,11+/m0/s1. The summed E-state index contributed by atoms with van der Waals surface area (Å²) in [5, 5.41) is 9.99. The minimum Gasteiger partial charge on any atom is -0.390 e. The molecule has 0 spiro atoms. The van der Waals surface area contributed by atoms with Gasteiger partial charge in [0, 0.05) is 5.92 Å². The van der Waals surface area contributed by atoms with Crippen molar-refractivity contribution in [2.24, 2.45) is 5.92 Å². The summed E-state index contributed by atoms with van der Waals surface area (Å²) in [5.74, 6) is 0.359. The number of hydrogen-bond acceptors (Lipinski definition) is 1. The monoisotopic (exact) mass is 168 g/mol. The van der Waals surface area contributed by atoms with Crippen molar-refractivity contribution in [1.29, 1.82) is 0 Å². The first-order valence-electron chi connectivity index (χ1n) is 4.98. The van der Waals surface area contributed by atoms with Crippen LogP contribution in [-0.4, -0.2) is 10.7 Å². The van der Waals surface area contributed by atoms with Gasteiger partial charge in [-0.3, -0.25) is 0 Å². The Morgan fingerprint density at radius 2 is 2.33 bits per heavy atom. The van der Waals surface area contributed by atoms with Crippen LogP contribution in [0.3, 0.4) is 0 Å². The van der Waals surface area contributed by atoms with Crippen molar-refractivity contribution in [1.82, 2.24) is 0 Å². The highest BCUT2D eigenvalue weighted by atomic mass is 16.3. The lowest BCUT2D eigenvalue weighted by molar-refractivity contribution is 0.0251. The summed E-state index contributed by atoms with van der Waals surface area (Å²) >= 11 is 0. The number of rotatable bonds is 3. The van der Waals surface area contributed by atoms with Crippen LogP contribution in [0.2, 0.25) is 0 Å². The highest BCUT2D eigenvalue weighted by Crippen LogP contribution is 2.41. The number of hydrogen-bond donors (Lipinski definition) is 1. The van der Waals surface area contributed by atoms with E-state index in [1.165, 1.54) is 18.4 Å². The van der Waals surface area contributed by atoms with Gasteiger partial charge in [0.25, 0.3) is 0 Å². The Morgan fingerprint density at radius 3 is 2.75 bits per heavy atom. The Hall–Kier alpha value is -0.300. The topological polar surface area (TPSA) is 20.2 Å². The summed E-state index contributed by atoms with van der Waals surface area (Å²) in [4.78, 5) is 0. The summed E-state index contributed by atoms with van der Waals surface area (Å²) in [6.45, 7) is 8.16. The van der Waals surface area contributed by atoms with E-state index in [4.69, 9.17) is 0 Å². The predicted molar refractivity (Wildman–Crippen MR) is 52.0 cm³/mol. The molecule has 1 aliphatic rings. The van der Waals surface area contributed by atoms with E-state index in [1.54, 1.807) is 0 Å². The third-order valence-corrected chi connectivity index (χ3v) is 3.04. The van der Waals surface area contributed by atoms with Gasteiger partial charge >= 0.3 is 0 Å². The molecule has 0 radical (unpaired) electrons. The molecule has 1 heteroatoms. The van der Waals surface area contributed by atoms with Crippen LogP contribution in [-0.2, 0) is 0 Å². The molecule has 0 aromatic carbocycles. The highest BCUT2D eigenvalue weighted by Gasteiger charge is 2.38. The molecule has 0 heterocycles. The van der Waals surface area contributed by atoms with Crippen molar-refractivity contribution in [3.8, 4) is 0 Å². The largest absolute Gasteiger partial charge is 0.390 e. The quantitative estimate of drug-likeness (QED) is 0.642. The van der Waals surface area contributed by atoms with E-state index in [0.717, 1.165) is 19.3 Å². The van der Waals surface area contributed by atoms with Gasteiger partial charge in [0.05, 0.1) is 5.60 Å². The zero-order valence-electron chi connectivity index (χ0n) is 8.27. The molecule has 1 fully saturated rings. The molecule has 1 rings (SSSR count). The van der Waals surface area contributed by atoms with Gasteiger partial charge in [-0.25, -0.2) is 0 Å². The summed E-state index contributed by atoms with van der Waals surface area (Å²) in [6.07, 6.45) is 5.45. The van der Waals surface area contributed by atoms with Gasteiger partial charge in [0.15, 0.2) is 0 Å². The van der Waals surface area contributed by atoms with Gasteiger partial charge in [-0.1, -0.05) is 31.9 Å². The van der Waals surface area contributed by atoms with Crippen LogP contribution >= 0.6 is 0 Å². The zero-order valence-corrected chi connectivity index (χ0v) is 8.27. The fraction of sp³-hybridized carbons (Fsp3) is 0.818. The first-order valence-corrected chi connectivity index (χ1v) is 4.98. The molecule has 1 nitrogen and oxygen atoms in total. The summed E-state index contributed by atoms with van der Waals surface area (Å²) in [6, 6.07) is 0. The summed E-state index contributed by atoms with van der Waals surface area (Å²) in [5.41, 5.74) is 0.792. The zero-order chi connectivity index (χ0) is 9.19. The van der Waals surface area contributed by atoms with E-state index in [1.807, 2.05) is 6.92 Å². The lowest BCUT2D eigenvalue weighted by atomic mass is 9.87. The van der Waals surface area contributed by atoms with Gasteiger partial charge in [-0.15, -0.1) is 0 Å². The maximum atomic E-state index is 9.99. The van der Waals surface area contributed by atoms with Crippen molar-refractivity contribution in [3.63, 3.8) is 0 Å². The molecule has 0 unspecified atom stereocenters. The molecule has 1 saturated carbocycles. The van der Waals surface area contributed by atoms with Crippen LogP contribution in [0.4, 0.5) is 0 Å². The van der Waals surface area contributed by atoms with Crippen LogP contribution in [0.15, 0.2) is 12.2 Å². The Balaban J connectivity index is 2.53. The van der Waals surface area contributed by atoms with E-state index in [2.05, 4.69) is 13.5 Å². The molecule has 1 aliphatic carbocycles. The SMILES string of the molecule is C=C1CC[C@@](C)(O)[C@H]1CCCC. The number of aliphatic hydroxyl groups is 1. The second kappa shape index (κ2) is 3.61. The lowest BCUT2D eigenvalue weighted by Crippen LogP contribution is -2.29. The van der Waals surface area contributed by atoms with Crippen molar-refractivity contribution in [2.45, 2.75) is 51.6 Å². The normalized spacial score (nSPS) is 35.9. The molecule has 2 atom stereocenters. The molecule has 1 N–H and O–H groups in total. The van der Waals surface area contributed by atoms with Crippen molar-refractivity contribution in [2.75, 3.05) is 0 Å². The van der Waals surface area contributed by atoms with Crippen molar-refractivity contribution < 1.29 is 5.11 Å². The van der Waals surface area contributed by atoms with E-state index in [0.29, 0.717) is 5.92 Å². The summed E-state index contributed by atoms with van der Waals surface area (Å²) < 4.78 is 0. The lowest BCUT2D eigenvalue weighted by Gasteiger charge is -2.25. The van der Waals surface area contributed by atoms with Crippen molar-refractivity contribution >= 4 is 0 Å². The average Bonchev–Trinajstić information content (AvgIpc) is 2.24. The van der Waals surface area contributed by atoms with Crippen LogP contribution in [0.25, 0.3) is 0 Å². The second-order valence-electron chi connectivity index (χ2n) is 4.21. The highest BCUT2D eigenvalue weighted by molar-refractivity contribution is 5.14. The van der Waals surface area contributed by atoms with Crippen LogP contribution in [0.5, 0.6) is 0 Å². The third kappa shape index (κ3) is 1.89. The van der Waals surface area contributed by atoms with E-state index in [-0.39, 0.29) is 0 Å². The smallest absolute Gasteiger partial charge is 0.0687 e. The Bertz CT molecular complexity index is 170. The van der Waals surface area contributed by atoms with Crippen molar-refractivity contribution in [3.05, 3.63) is 12.2 Å². The Labute approximate surface area is 75.5 Å². The maximum absolute atomic E-state index is 9.99. The van der Waals surface area contributed by atoms with Crippen LogP contribution in [0, 0.1) is 5.92 Å². The van der Waals surface area contributed by atoms with Gasteiger partial charge < -0.3 is 5.11 Å². The Kier molecular flexibility index (Phi) is 2.94. The first kappa shape index (κ1) is 9.79. The molecule has 70 valence electrons. The second-order valence-corrected chi connectivity index (χ2v) is 4.21. The molecule has 0 aliphatic heterocycles. The average molecular weight is 168 g/mol. The van der Waals surface area contributed by atoms with E-state index < -0.39 is 5.60 Å². The first-order chi connectivity index (χ1) is 5.58. The van der Waals surface area contributed by atoms with Crippen LogP contribution < -0.4 is 0 Å². The Morgan fingerprint density at radius 1 is 1.67 bits per heavy atom. The fourth-order valence-electron chi connectivity index (χ4n) is 2.13. The maximum Gasteiger partial charge on any atom is 0.0687 e. The van der Waals surface area contributed by atoms with Gasteiger partial charge in [-0.2, -0.15) is 0 Å². The molecular formula is C11H20O. The molecule has 0 aromatic rings. The third-order valence-electron chi connectivity index (χ3n) is 3.04.